The Balaban J connectivity index is 1.25. The van der Waals surface area contributed by atoms with E-state index in [2.05, 4.69) is 25.1 Å². The van der Waals surface area contributed by atoms with Gasteiger partial charge in [0.05, 0.1) is 6.54 Å². The van der Waals surface area contributed by atoms with Crippen molar-refractivity contribution in [3.8, 4) is 0 Å². The molecule has 2 heterocycles. The van der Waals surface area contributed by atoms with Crippen LogP contribution in [0.3, 0.4) is 0 Å². The van der Waals surface area contributed by atoms with Gasteiger partial charge >= 0.3 is 0 Å². The smallest absolute Gasteiger partial charge is 0.238 e. The molecule has 1 aliphatic heterocycles. The number of aryl methyl sites for hydroxylation is 2. The van der Waals surface area contributed by atoms with E-state index in [9.17, 15) is 9.59 Å². The molecule has 1 N–H and O–H groups in total. The number of carbonyl (C=O) groups is 2. The summed E-state index contributed by atoms with van der Waals surface area (Å²) in [5, 5.41) is 3.07. The van der Waals surface area contributed by atoms with Crippen LogP contribution in [0.15, 0.2) is 36.7 Å². The highest BCUT2D eigenvalue weighted by atomic mass is 16.2. The van der Waals surface area contributed by atoms with Crippen LogP contribution in [0.25, 0.3) is 0 Å². The van der Waals surface area contributed by atoms with Crippen molar-refractivity contribution in [1.29, 1.82) is 0 Å². The number of hydrogen-bond donors (Lipinski definition) is 1. The number of rotatable bonds is 8. The molecule has 2 amide bonds. The van der Waals surface area contributed by atoms with Crippen molar-refractivity contribution in [1.82, 2.24) is 19.8 Å². The van der Waals surface area contributed by atoms with Gasteiger partial charge in [0.1, 0.15) is 0 Å². The second kappa shape index (κ2) is 10.1. The molecule has 4 rings (SSSR count). The summed E-state index contributed by atoms with van der Waals surface area (Å²) in [6.45, 7) is 7.77. The summed E-state index contributed by atoms with van der Waals surface area (Å²) in [7, 11) is 0. The fraction of sp³-hybridized carbons (Fsp3) is 0.500. The zero-order valence-electron chi connectivity index (χ0n) is 19.0. The lowest BCUT2D eigenvalue weighted by molar-refractivity contribution is -0.132. The second-order valence-electron chi connectivity index (χ2n) is 8.68. The Labute approximate surface area is 189 Å². The fourth-order valence-corrected chi connectivity index (χ4v) is 4.21. The van der Waals surface area contributed by atoms with Gasteiger partial charge in [-0.2, -0.15) is 0 Å². The summed E-state index contributed by atoms with van der Waals surface area (Å²) >= 11 is 0. The third-order valence-electron chi connectivity index (χ3n) is 6.24. The van der Waals surface area contributed by atoms with Crippen LogP contribution in [0.5, 0.6) is 0 Å². The number of hydrogen-bond acceptors (Lipinski definition) is 6. The van der Waals surface area contributed by atoms with Gasteiger partial charge in [-0.25, -0.2) is 9.97 Å². The first-order chi connectivity index (χ1) is 15.5. The van der Waals surface area contributed by atoms with Gasteiger partial charge in [-0.15, -0.1) is 0 Å². The average molecular weight is 437 g/mol. The maximum atomic E-state index is 12.8. The molecule has 1 aliphatic carbocycles. The van der Waals surface area contributed by atoms with Crippen molar-refractivity contribution in [3.63, 3.8) is 0 Å². The molecule has 1 aromatic heterocycles. The number of para-hydroxylation sites is 1. The number of piperazine rings is 1. The Morgan fingerprint density at radius 2 is 1.69 bits per heavy atom. The lowest BCUT2D eigenvalue weighted by atomic mass is 10.1. The van der Waals surface area contributed by atoms with E-state index in [1.165, 1.54) is 0 Å². The zero-order chi connectivity index (χ0) is 22.5. The molecule has 1 aromatic carbocycles. The van der Waals surface area contributed by atoms with Gasteiger partial charge in [0.2, 0.25) is 17.8 Å². The van der Waals surface area contributed by atoms with E-state index in [0.29, 0.717) is 38.6 Å². The van der Waals surface area contributed by atoms with Crippen molar-refractivity contribution >= 4 is 23.5 Å². The van der Waals surface area contributed by atoms with E-state index in [1.54, 1.807) is 18.5 Å². The molecule has 0 radical (unpaired) electrons. The minimum atomic E-state index is -0.0155. The number of nitrogens with one attached hydrogen (secondary N) is 1. The molecule has 170 valence electrons. The SMILES string of the molecule is Cc1cccc(C)c1NC(=O)CN(CCC(=O)N1CCN(c2ncccn2)CC1)C1CC1. The molecule has 2 aliphatic rings. The summed E-state index contributed by atoms with van der Waals surface area (Å²) in [6, 6.07) is 8.22. The van der Waals surface area contributed by atoms with Gasteiger partial charge in [-0.05, 0) is 43.9 Å². The molecular weight excluding hydrogens is 404 g/mol. The van der Waals surface area contributed by atoms with Crippen LogP contribution in [-0.4, -0.2) is 76.9 Å². The van der Waals surface area contributed by atoms with E-state index < -0.39 is 0 Å². The topological polar surface area (TPSA) is 81.7 Å². The van der Waals surface area contributed by atoms with E-state index in [1.807, 2.05) is 36.9 Å². The van der Waals surface area contributed by atoms with Crippen molar-refractivity contribution in [2.24, 2.45) is 0 Å². The number of benzene rings is 1. The number of anilines is 2. The summed E-state index contributed by atoms with van der Waals surface area (Å²) in [6.07, 6.45) is 6.11. The van der Waals surface area contributed by atoms with Gasteiger partial charge < -0.3 is 15.1 Å². The largest absolute Gasteiger partial charge is 0.339 e. The first-order valence-electron chi connectivity index (χ1n) is 11.4. The highest BCUT2D eigenvalue weighted by Gasteiger charge is 2.31. The molecule has 0 atom stereocenters. The Morgan fingerprint density at radius 3 is 2.31 bits per heavy atom. The Bertz CT molecular complexity index is 919. The summed E-state index contributed by atoms with van der Waals surface area (Å²) in [5.41, 5.74) is 3.02. The molecule has 8 nitrogen and oxygen atoms in total. The lowest BCUT2D eigenvalue weighted by Crippen LogP contribution is -2.50. The van der Waals surface area contributed by atoms with Gasteiger partial charge in [0.15, 0.2) is 0 Å². The number of aromatic nitrogens is 2. The number of nitrogens with zero attached hydrogens (tertiary/aromatic N) is 5. The minimum Gasteiger partial charge on any atom is -0.339 e. The van der Waals surface area contributed by atoms with Gasteiger partial charge in [0.25, 0.3) is 0 Å². The third kappa shape index (κ3) is 5.62. The van der Waals surface area contributed by atoms with Gasteiger partial charge in [0, 0.05) is 63.3 Å². The summed E-state index contributed by atoms with van der Waals surface area (Å²) in [4.78, 5) is 40.3. The first kappa shape index (κ1) is 22.2. The highest BCUT2D eigenvalue weighted by Crippen LogP contribution is 2.27. The molecule has 0 unspecified atom stereocenters. The summed E-state index contributed by atoms with van der Waals surface area (Å²) in [5.74, 6) is 0.854. The Hall–Kier alpha value is -3.00. The van der Waals surface area contributed by atoms with Crippen LogP contribution in [0, 0.1) is 13.8 Å². The Kier molecular flexibility index (Phi) is 6.99. The predicted molar refractivity (Wildman–Crippen MR) is 125 cm³/mol. The maximum Gasteiger partial charge on any atom is 0.238 e. The summed E-state index contributed by atoms with van der Waals surface area (Å²) < 4.78 is 0. The molecule has 2 fully saturated rings. The molecule has 8 heteroatoms. The van der Waals surface area contributed by atoms with Crippen LogP contribution in [0.2, 0.25) is 0 Å². The zero-order valence-corrected chi connectivity index (χ0v) is 19.0. The predicted octanol–water partition coefficient (Wildman–Crippen LogP) is 2.24. The van der Waals surface area contributed by atoms with Crippen molar-refractivity contribution in [2.75, 3.05) is 49.5 Å². The molecule has 0 bridgehead atoms. The van der Waals surface area contributed by atoms with Crippen molar-refractivity contribution < 1.29 is 9.59 Å². The molecule has 32 heavy (non-hydrogen) atoms. The molecule has 2 aromatic rings. The maximum absolute atomic E-state index is 12.8. The third-order valence-corrected chi connectivity index (χ3v) is 6.24. The molecular formula is C24H32N6O2. The lowest BCUT2D eigenvalue weighted by Gasteiger charge is -2.35. The van der Waals surface area contributed by atoms with E-state index in [-0.39, 0.29) is 11.8 Å². The van der Waals surface area contributed by atoms with Gasteiger partial charge in [-0.1, -0.05) is 18.2 Å². The number of carbonyl (C=O) groups excluding carboxylic acids is 2. The first-order valence-corrected chi connectivity index (χ1v) is 11.4. The van der Waals surface area contributed by atoms with Gasteiger partial charge in [-0.3, -0.25) is 14.5 Å². The van der Waals surface area contributed by atoms with E-state index in [0.717, 1.165) is 48.7 Å². The second-order valence-corrected chi connectivity index (χ2v) is 8.68. The Morgan fingerprint density at radius 1 is 1.03 bits per heavy atom. The average Bonchev–Trinajstić information content (AvgIpc) is 3.65. The molecule has 0 spiro atoms. The van der Waals surface area contributed by atoms with Crippen LogP contribution in [0.4, 0.5) is 11.6 Å². The number of amides is 2. The highest BCUT2D eigenvalue weighted by molar-refractivity contribution is 5.93. The molecule has 1 saturated carbocycles. The normalized spacial score (nSPS) is 16.3. The van der Waals surface area contributed by atoms with Crippen LogP contribution < -0.4 is 10.2 Å². The fourth-order valence-electron chi connectivity index (χ4n) is 4.21. The minimum absolute atomic E-state index is 0.0155. The molecule has 1 saturated heterocycles. The quantitative estimate of drug-likeness (QED) is 0.684. The van der Waals surface area contributed by atoms with E-state index >= 15 is 0 Å². The van der Waals surface area contributed by atoms with Crippen LogP contribution in [-0.2, 0) is 9.59 Å². The van der Waals surface area contributed by atoms with E-state index in [4.69, 9.17) is 0 Å². The van der Waals surface area contributed by atoms with Crippen LogP contribution in [0.1, 0.15) is 30.4 Å². The van der Waals surface area contributed by atoms with Crippen molar-refractivity contribution in [2.45, 2.75) is 39.2 Å². The standard InChI is InChI=1S/C24H32N6O2/c1-18-5-3-6-19(2)23(18)27-21(31)17-30(20-7-8-20)12-9-22(32)28-13-15-29(16-14-28)24-25-10-4-11-26-24/h3-6,10-11,20H,7-9,12-17H2,1-2H3,(H,27,31). The van der Waals surface area contributed by atoms with Crippen molar-refractivity contribution in [3.05, 3.63) is 47.8 Å². The van der Waals surface area contributed by atoms with Crippen LogP contribution >= 0.6 is 0 Å². The monoisotopic (exact) mass is 436 g/mol.